The number of aromatic nitrogens is 1. The van der Waals surface area contributed by atoms with Crippen molar-refractivity contribution in [3.63, 3.8) is 0 Å². The largest absolute Gasteiger partial charge is 0.478 e. The van der Waals surface area contributed by atoms with Gasteiger partial charge in [-0.15, -0.1) is 0 Å². The topological polar surface area (TPSA) is 65.5 Å². The first-order valence-electron chi connectivity index (χ1n) is 8.08. The van der Waals surface area contributed by atoms with Gasteiger partial charge in [-0.2, -0.15) is 5.26 Å². The van der Waals surface area contributed by atoms with Crippen molar-refractivity contribution in [2.45, 2.75) is 25.7 Å². The van der Waals surface area contributed by atoms with Crippen molar-refractivity contribution < 1.29 is 9.90 Å². The second-order valence-corrected chi connectivity index (χ2v) is 6.18. The second-order valence-electron chi connectivity index (χ2n) is 6.18. The molecule has 2 heterocycles. The Bertz CT molecular complexity index is 991. The summed E-state index contributed by atoms with van der Waals surface area (Å²) in [6.45, 7) is 0. The van der Waals surface area contributed by atoms with Gasteiger partial charge in [0.1, 0.15) is 6.07 Å². The molecule has 2 aromatic heterocycles. The predicted octanol–water partition coefficient (Wildman–Crippen LogP) is 4.05. The lowest BCUT2D eigenvalue weighted by molar-refractivity contribution is 0.0697. The molecule has 0 aliphatic heterocycles. The summed E-state index contributed by atoms with van der Waals surface area (Å²) in [7, 11) is 0. The maximum atomic E-state index is 11.0. The average Bonchev–Trinajstić information content (AvgIpc) is 3.01. The third-order valence-electron chi connectivity index (χ3n) is 4.81. The number of fused-ring (bicyclic) bond motifs is 3. The lowest BCUT2D eigenvalue weighted by atomic mass is 9.91. The molecule has 4 heteroatoms. The van der Waals surface area contributed by atoms with Crippen molar-refractivity contribution in [1.29, 1.82) is 5.26 Å². The molecule has 1 aliphatic rings. The number of hydrogen-bond acceptors (Lipinski definition) is 2. The van der Waals surface area contributed by atoms with Gasteiger partial charge >= 0.3 is 5.97 Å². The van der Waals surface area contributed by atoms with E-state index in [4.69, 9.17) is 5.11 Å². The van der Waals surface area contributed by atoms with Crippen LogP contribution in [0.25, 0.3) is 16.8 Å². The summed E-state index contributed by atoms with van der Waals surface area (Å²) in [6, 6.07) is 13.2. The molecule has 0 unspecified atom stereocenters. The van der Waals surface area contributed by atoms with Gasteiger partial charge in [0.2, 0.25) is 0 Å². The molecule has 0 fully saturated rings. The van der Waals surface area contributed by atoms with Crippen LogP contribution in [-0.4, -0.2) is 15.5 Å². The Morgan fingerprint density at radius 3 is 2.58 bits per heavy atom. The van der Waals surface area contributed by atoms with Gasteiger partial charge in [0.05, 0.1) is 22.3 Å². The summed E-state index contributed by atoms with van der Waals surface area (Å²) in [4.78, 5) is 11.0. The molecular formula is C20H16N2O2. The molecule has 24 heavy (non-hydrogen) atoms. The number of hydrogen-bond donors (Lipinski definition) is 1. The molecule has 1 N–H and O–H groups in total. The molecule has 3 aromatic rings. The molecule has 0 spiro atoms. The fourth-order valence-corrected chi connectivity index (χ4v) is 3.63. The SMILES string of the molecule is N#Cc1cc(-c2ccc(C(=O)O)cc2)n2ccc3c(c12)CCCC3. The van der Waals surface area contributed by atoms with Crippen molar-refractivity contribution >= 4 is 11.5 Å². The van der Waals surface area contributed by atoms with E-state index < -0.39 is 5.97 Å². The van der Waals surface area contributed by atoms with Crippen LogP contribution >= 0.6 is 0 Å². The molecule has 0 amide bonds. The Morgan fingerprint density at radius 1 is 1.12 bits per heavy atom. The van der Waals surface area contributed by atoms with Gasteiger partial charge in [0.15, 0.2) is 0 Å². The second kappa shape index (κ2) is 5.54. The van der Waals surface area contributed by atoms with Crippen LogP contribution in [0.4, 0.5) is 0 Å². The Morgan fingerprint density at radius 2 is 1.88 bits per heavy atom. The summed E-state index contributed by atoms with van der Waals surface area (Å²) in [5.41, 5.74) is 6.42. The molecule has 0 saturated heterocycles. The summed E-state index contributed by atoms with van der Waals surface area (Å²) in [5.74, 6) is -0.937. The third kappa shape index (κ3) is 2.17. The molecule has 118 valence electrons. The highest BCUT2D eigenvalue weighted by Gasteiger charge is 2.19. The number of carbonyl (C=O) groups is 1. The van der Waals surface area contributed by atoms with Crippen LogP contribution in [0.5, 0.6) is 0 Å². The van der Waals surface area contributed by atoms with Crippen LogP contribution in [0, 0.1) is 11.3 Å². The molecular weight excluding hydrogens is 300 g/mol. The smallest absolute Gasteiger partial charge is 0.335 e. The maximum absolute atomic E-state index is 11.0. The maximum Gasteiger partial charge on any atom is 0.335 e. The van der Waals surface area contributed by atoms with Crippen LogP contribution < -0.4 is 0 Å². The van der Waals surface area contributed by atoms with Crippen molar-refractivity contribution in [3.05, 3.63) is 64.8 Å². The van der Waals surface area contributed by atoms with E-state index in [1.54, 1.807) is 24.3 Å². The Hall–Kier alpha value is -3.06. The first kappa shape index (κ1) is 14.5. The number of nitriles is 1. The van der Waals surface area contributed by atoms with E-state index in [0.717, 1.165) is 36.0 Å². The van der Waals surface area contributed by atoms with Crippen molar-refractivity contribution in [2.75, 3.05) is 0 Å². The summed E-state index contributed by atoms with van der Waals surface area (Å²) in [5, 5.41) is 18.6. The number of carboxylic acids is 1. The average molecular weight is 316 g/mol. The van der Waals surface area contributed by atoms with E-state index in [1.165, 1.54) is 17.5 Å². The van der Waals surface area contributed by atoms with Crippen molar-refractivity contribution in [2.24, 2.45) is 0 Å². The van der Waals surface area contributed by atoms with Gasteiger partial charge in [-0.1, -0.05) is 12.1 Å². The monoisotopic (exact) mass is 316 g/mol. The first-order valence-corrected chi connectivity index (χ1v) is 8.08. The van der Waals surface area contributed by atoms with E-state index in [9.17, 15) is 10.1 Å². The van der Waals surface area contributed by atoms with Crippen LogP contribution in [0.15, 0.2) is 42.6 Å². The normalized spacial score (nSPS) is 13.5. The molecule has 0 atom stereocenters. The number of benzene rings is 1. The highest BCUT2D eigenvalue weighted by atomic mass is 16.4. The van der Waals surface area contributed by atoms with Gasteiger partial charge < -0.3 is 9.51 Å². The lowest BCUT2D eigenvalue weighted by Crippen LogP contribution is -2.05. The van der Waals surface area contributed by atoms with Gasteiger partial charge in [0, 0.05) is 6.20 Å². The number of nitrogens with zero attached hydrogens (tertiary/aromatic N) is 2. The highest BCUT2D eigenvalue weighted by molar-refractivity contribution is 5.88. The summed E-state index contributed by atoms with van der Waals surface area (Å²) < 4.78 is 2.07. The fourth-order valence-electron chi connectivity index (χ4n) is 3.63. The molecule has 4 nitrogen and oxygen atoms in total. The standard InChI is InChI=1S/C20H16N2O2/c21-12-16-11-18(14-5-7-15(8-6-14)20(23)24)22-10-9-13-3-1-2-4-17(13)19(16)22/h5-11H,1-4H2,(H,23,24). The minimum atomic E-state index is -0.937. The number of aromatic carboxylic acids is 1. The first-order chi connectivity index (χ1) is 11.7. The minimum absolute atomic E-state index is 0.262. The molecule has 1 aliphatic carbocycles. The van der Waals surface area contributed by atoms with Crippen LogP contribution in [0.3, 0.4) is 0 Å². The zero-order valence-electron chi connectivity index (χ0n) is 13.1. The van der Waals surface area contributed by atoms with Gasteiger partial charge in [-0.3, -0.25) is 0 Å². The van der Waals surface area contributed by atoms with Crippen LogP contribution in [0.2, 0.25) is 0 Å². The number of rotatable bonds is 2. The van der Waals surface area contributed by atoms with E-state index >= 15 is 0 Å². The lowest BCUT2D eigenvalue weighted by Gasteiger charge is -2.17. The molecule has 0 saturated carbocycles. The van der Waals surface area contributed by atoms with E-state index in [2.05, 4.69) is 16.5 Å². The molecule has 4 rings (SSSR count). The van der Waals surface area contributed by atoms with Crippen molar-refractivity contribution in [3.8, 4) is 17.3 Å². The van der Waals surface area contributed by atoms with Crippen LogP contribution in [-0.2, 0) is 12.8 Å². The third-order valence-corrected chi connectivity index (χ3v) is 4.81. The van der Waals surface area contributed by atoms with Gasteiger partial charge in [-0.05, 0) is 66.6 Å². The zero-order chi connectivity index (χ0) is 16.7. The van der Waals surface area contributed by atoms with Gasteiger partial charge in [0.25, 0.3) is 0 Å². The summed E-state index contributed by atoms with van der Waals surface area (Å²) >= 11 is 0. The van der Waals surface area contributed by atoms with E-state index in [-0.39, 0.29) is 5.56 Å². The summed E-state index contributed by atoms with van der Waals surface area (Å²) in [6.07, 6.45) is 6.47. The van der Waals surface area contributed by atoms with Crippen LogP contribution in [0.1, 0.15) is 39.9 Å². The number of carboxylic acid groups (broad SMARTS) is 1. The predicted molar refractivity (Wildman–Crippen MR) is 91.1 cm³/mol. The van der Waals surface area contributed by atoms with E-state index in [0.29, 0.717) is 5.56 Å². The van der Waals surface area contributed by atoms with Gasteiger partial charge in [-0.25, -0.2) is 4.79 Å². The number of pyridine rings is 1. The molecule has 0 radical (unpaired) electrons. The quantitative estimate of drug-likeness (QED) is 0.775. The van der Waals surface area contributed by atoms with E-state index in [1.807, 2.05) is 12.3 Å². The fraction of sp³-hybridized carbons (Fsp3) is 0.200. The number of aryl methyl sites for hydroxylation is 2. The zero-order valence-corrected chi connectivity index (χ0v) is 13.1. The Kier molecular flexibility index (Phi) is 3.35. The van der Waals surface area contributed by atoms with Crippen molar-refractivity contribution in [1.82, 2.24) is 4.40 Å². The Labute approximate surface area is 139 Å². The highest BCUT2D eigenvalue weighted by Crippen LogP contribution is 2.33. The minimum Gasteiger partial charge on any atom is -0.478 e. The molecule has 1 aromatic carbocycles. The Balaban J connectivity index is 1.94. The molecule has 0 bridgehead atoms.